The van der Waals surface area contributed by atoms with Crippen molar-refractivity contribution in [1.29, 1.82) is 0 Å². The molecule has 1 aromatic heterocycles. The molecular weight excluding hydrogens is 308 g/mol. The van der Waals surface area contributed by atoms with Crippen LogP contribution in [0.5, 0.6) is 0 Å². The second-order valence-corrected chi connectivity index (χ2v) is 5.48. The maximum Gasteiger partial charge on any atom is 0.309 e. The number of aromatic nitrogens is 2. The van der Waals surface area contributed by atoms with Crippen molar-refractivity contribution in [2.75, 3.05) is 0 Å². The number of nitrogens with zero attached hydrogens (tertiary/aromatic N) is 1. The normalized spacial score (nSPS) is 10.7. The quantitative estimate of drug-likeness (QED) is 0.910. The number of aryl methyl sites for hydroxylation is 3. The first-order valence-corrected chi connectivity index (χ1v) is 6.72. The van der Waals surface area contributed by atoms with Crippen LogP contribution in [0.3, 0.4) is 0 Å². The minimum Gasteiger partial charge on any atom is -0.481 e. The standard InChI is InChI=1S/C14H15BrN2O2/c1-7-4-9(3)10(5-8(7)2)14-13(15)11(16-17-14)6-12(18)19/h4-5H,6H2,1-3H3,(H,16,17)(H,18,19). The van der Waals surface area contributed by atoms with Gasteiger partial charge >= 0.3 is 5.97 Å². The van der Waals surface area contributed by atoms with Crippen LogP contribution in [0.4, 0.5) is 0 Å². The van der Waals surface area contributed by atoms with E-state index in [1.54, 1.807) is 0 Å². The zero-order valence-electron chi connectivity index (χ0n) is 11.0. The summed E-state index contributed by atoms with van der Waals surface area (Å²) in [6.45, 7) is 6.15. The third kappa shape index (κ3) is 2.71. The molecule has 2 N–H and O–H groups in total. The Morgan fingerprint density at radius 3 is 2.53 bits per heavy atom. The first-order chi connectivity index (χ1) is 8.90. The summed E-state index contributed by atoms with van der Waals surface area (Å²) in [5.41, 5.74) is 5.91. The van der Waals surface area contributed by atoms with Crippen molar-refractivity contribution in [3.8, 4) is 11.3 Å². The van der Waals surface area contributed by atoms with E-state index in [0.717, 1.165) is 21.3 Å². The average molecular weight is 323 g/mol. The van der Waals surface area contributed by atoms with Gasteiger partial charge in [-0.15, -0.1) is 0 Å². The molecule has 19 heavy (non-hydrogen) atoms. The largest absolute Gasteiger partial charge is 0.481 e. The first kappa shape index (κ1) is 13.8. The molecule has 1 heterocycles. The van der Waals surface area contributed by atoms with Gasteiger partial charge in [0.05, 0.1) is 16.6 Å². The number of carbonyl (C=O) groups is 1. The van der Waals surface area contributed by atoms with Crippen LogP contribution in [0, 0.1) is 20.8 Å². The number of benzene rings is 1. The van der Waals surface area contributed by atoms with Gasteiger partial charge in [0.25, 0.3) is 0 Å². The molecule has 0 radical (unpaired) electrons. The van der Waals surface area contributed by atoms with Crippen LogP contribution in [0.1, 0.15) is 22.4 Å². The number of halogens is 1. The van der Waals surface area contributed by atoms with E-state index in [4.69, 9.17) is 5.11 Å². The summed E-state index contributed by atoms with van der Waals surface area (Å²) >= 11 is 3.44. The number of aromatic amines is 1. The van der Waals surface area contributed by atoms with Crippen molar-refractivity contribution < 1.29 is 9.90 Å². The lowest BCUT2D eigenvalue weighted by Gasteiger charge is -2.08. The van der Waals surface area contributed by atoms with Crippen LogP contribution in [-0.2, 0) is 11.2 Å². The van der Waals surface area contributed by atoms with E-state index in [1.165, 1.54) is 11.1 Å². The highest BCUT2D eigenvalue weighted by molar-refractivity contribution is 9.10. The maximum absolute atomic E-state index is 10.8. The highest BCUT2D eigenvalue weighted by Gasteiger charge is 2.16. The molecule has 0 unspecified atom stereocenters. The van der Waals surface area contributed by atoms with Gasteiger partial charge in [0.15, 0.2) is 0 Å². The number of hydrogen-bond donors (Lipinski definition) is 2. The fraction of sp³-hybridized carbons (Fsp3) is 0.286. The van der Waals surface area contributed by atoms with E-state index >= 15 is 0 Å². The fourth-order valence-electron chi connectivity index (χ4n) is 2.03. The number of rotatable bonds is 3. The minimum absolute atomic E-state index is 0.0719. The Morgan fingerprint density at radius 1 is 1.26 bits per heavy atom. The van der Waals surface area contributed by atoms with Gasteiger partial charge < -0.3 is 5.11 Å². The number of hydrogen-bond acceptors (Lipinski definition) is 2. The predicted molar refractivity (Wildman–Crippen MR) is 77.3 cm³/mol. The van der Waals surface area contributed by atoms with Gasteiger partial charge in [-0.1, -0.05) is 6.07 Å². The van der Waals surface area contributed by atoms with Crippen molar-refractivity contribution in [2.45, 2.75) is 27.2 Å². The van der Waals surface area contributed by atoms with E-state index in [-0.39, 0.29) is 6.42 Å². The number of carboxylic acid groups (broad SMARTS) is 1. The van der Waals surface area contributed by atoms with Gasteiger partial charge in [0, 0.05) is 5.56 Å². The Bertz CT molecular complexity index is 647. The van der Waals surface area contributed by atoms with Crippen LogP contribution in [0.2, 0.25) is 0 Å². The van der Waals surface area contributed by atoms with E-state index in [9.17, 15) is 4.79 Å². The lowest BCUT2D eigenvalue weighted by Crippen LogP contribution is -2.00. The molecule has 0 atom stereocenters. The van der Waals surface area contributed by atoms with Crippen molar-refractivity contribution in [1.82, 2.24) is 10.2 Å². The molecular formula is C14H15BrN2O2. The van der Waals surface area contributed by atoms with Crippen LogP contribution in [0.25, 0.3) is 11.3 Å². The van der Waals surface area contributed by atoms with Crippen LogP contribution in [0.15, 0.2) is 16.6 Å². The molecule has 2 aromatic rings. The Morgan fingerprint density at radius 2 is 1.89 bits per heavy atom. The average Bonchev–Trinajstić information content (AvgIpc) is 2.65. The highest BCUT2D eigenvalue weighted by atomic mass is 79.9. The Kier molecular flexibility index (Phi) is 3.75. The van der Waals surface area contributed by atoms with E-state index in [0.29, 0.717) is 5.69 Å². The molecule has 0 aliphatic heterocycles. The summed E-state index contributed by atoms with van der Waals surface area (Å²) in [5.74, 6) is -0.882. The van der Waals surface area contributed by atoms with Crippen LogP contribution < -0.4 is 0 Å². The fourth-order valence-corrected chi connectivity index (χ4v) is 2.56. The van der Waals surface area contributed by atoms with Gasteiger partial charge in [0.2, 0.25) is 0 Å². The van der Waals surface area contributed by atoms with Crippen LogP contribution in [-0.4, -0.2) is 21.3 Å². The Labute approximate surface area is 120 Å². The molecule has 5 heteroatoms. The van der Waals surface area contributed by atoms with Gasteiger partial charge in [-0.05, 0) is 59.5 Å². The van der Waals surface area contributed by atoms with Crippen molar-refractivity contribution >= 4 is 21.9 Å². The van der Waals surface area contributed by atoms with E-state index in [1.807, 2.05) is 6.92 Å². The lowest BCUT2D eigenvalue weighted by molar-refractivity contribution is -0.136. The van der Waals surface area contributed by atoms with Crippen molar-refractivity contribution in [3.63, 3.8) is 0 Å². The maximum atomic E-state index is 10.8. The number of H-pyrrole nitrogens is 1. The number of nitrogens with one attached hydrogen (secondary N) is 1. The SMILES string of the molecule is Cc1cc(C)c(-c2n[nH]c(CC(=O)O)c2Br)cc1C. The number of carboxylic acids is 1. The third-order valence-electron chi connectivity index (χ3n) is 3.20. The van der Waals surface area contributed by atoms with Crippen LogP contribution >= 0.6 is 15.9 Å². The second-order valence-electron chi connectivity index (χ2n) is 4.69. The molecule has 100 valence electrons. The lowest BCUT2D eigenvalue weighted by atomic mass is 9.98. The summed E-state index contributed by atoms with van der Waals surface area (Å²) in [5, 5.41) is 15.9. The molecule has 0 spiro atoms. The smallest absolute Gasteiger partial charge is 0.309 e. The molecule has 0 aliphatic carbocycles. The molecule has 0 bridgehead atoms. The zero-order chi connectivity index (χ0) is 14.2. The van der Waals surface area contributed by atoms with Gasteiger partial charge in [-0.3, -0.25) is 9.89 Å². The van der Waals surface area contributed by atoms with Gasteiger partial charge in [0.1, 0.15) is 5.69 Å². The molecule has 0 amide bonds. The molecule has 0 aliphatic rings. The van der Waals surface area contributed by atoms with Crippen molar-refractivity contribution in [3.05, 3.63) is 39.0 Å². The Hall–Kier alpha value is -1.62. The molecule has 1 aromatic carbocycles. The summed E-state index contributed by atoms with van der Waals surface area (Å²) < 4.78 is 0.723. The first-order valence-electron chi connectivity index (χ1n) is 5.93. The second kappa shape index (κ2) is 5.17. The topological polar surface area (TPSA) is 66.0 Å². The molecule has 4 nitrogen and oxygen atoms in total. The third-order valence-corrected chi connectivity index (χ3v) is 4.05. The van der Waals surface area contributed by atoms with Crippen molar-refractivity contribution in [2.24, 2.45) is 0 Å². The van der Waals surface area contributed by atoms with E-state index < -0.39 is 5.97 Å². The Balaban J connectivity index is 2.51. The van der Waals surface area contributed by atoms with Gasteiger partial charge in [-0.2, -0.15) is 5.10 Å². The summed E-state index contributed by atoms with van der Waals surface area (Å²) in [7, 11) is 0. The summed E-state index contributed by atoms with van der Waals surface area (Å²) in [6.07, 6.45) is -0.0719. The minimum atomic E-state index is -0.882. The molecule has 2 rings (SSSR count). The summed E-state index contributed by atoms with van der Waals surface area (Å²) in [6, 6.07) is 4.19. The molecule has 0 fully saturated rings. The molecule has 0 saturated heterocycles. The highest BCUT2D eigenvalue weighted by Crippen LogP contribution is 2.32. The zero-order valence-corrected chi connectivity index (χ0v) is 12.6. The monoisotopic (exact) mass is 322 g/mol. The molecule has 0 saturated carbocycles. The number of aliphatic carboxylic acids is 1. The van der Waals surface area contributed by atoms with Gasteiger partial charge in [-0.25, -0.2) is 0 Å². The summed E-state index contributed by atoms with van der Waals surface area (Å²) in [4.78, 5) is 10.8. The van der Waals surface area contributed by atoms with E-state index in [2.05, 4.69) is 52.1 Å². The predicted octanol–water partition coefficient (Wildman–Crippen LogP) is 3.39.